The number of carbonyl (C=O) groups is 1. The summed E-state index contributed by atoms with van der Waals surface area (Å²) in [5.74, 6) is -0.0119. The van der Waals surface area contributed by atoms with Crippen LogP contribution in [0, 0.1) is 5.92 Å². The van der Waals surface area contributed by atoms with Crippen LogP contribution in [0.5, 0.6) is 0 Å². The molecule has 0 aromatic carbocycles. The quantitative estimate of drug-likeness (QED) is 0.534. The lowest BCUT2D eigenvalue weighted by atomic mass is 9.88. The molecule has 1 unspecified atom stereocenters. The summed E-state index contributed by atoms with van der Waals surface area (Å²) in [4.78, 5) is 14.1. The molecular weight excluding hydrogens is 202 g/mol. The summed E-state index contributed by atoms with van der Waals surface area (Å²) in [7, 11) is 1.48. The van der Waals surface area contributed by atoms with E-state index in [0.717, 1.165) is 19.5 Å². The highest BCUT2D eigenvalue weighted by Crippen LogP contribution is 2.35. The lowest BCUT2D eigenvalue weighted by Gasteiger charge is -2.34. The SMILES string of the molecule is CCCCCN1CCC(C(=O)OC)C1(C)C. The van der Waals surface area contributed by atoms with E-state index < -0.39 is 0 Å². The van der Waals surface area contributed by atoms with Gasteiger partial charge < -0.3 is 4.74 Å². The fraction of sp³-hybridized carbons (Fsp3) is 0.923. The van der Waals surface area contributed by atoms with E-state index in [4.69, 9.17) is 4.74 Å². The molecule has 1 fully saturated rings. The fourth-order valence-corrected chi connectivity index (χ4v) is 2.65. The van der Waals surface area contributed by atoms with E-state index in [1.54, 1.807) is 0 Å². The van der Waals surface area contributed by atoms with Gasteiger partial charge in [0.15, 0.2) is 0 Å². The molecule has 1 saturated heterocycles. The molecule has 1 heterocycles. The first-order valence-electron chi connectivity index (χ1n) is 6.37. The predicted molar refractivity (Wildman–Crippen MR) is 65.3 cm³/mol. The second kappa shape index (κ2) is 5.67. The number of hydrogen-bond donors (Lipinski definition) is 0. The van der Waals surface area contributed by atoms with E-state index in [1.807, 2.05) is 0 Å². The van der Waals surface area contributed by atoms with Crippen molar-refractivity contribution in [3.05, 3.63) is 0 Å². The molecule has 0 saturated carbocycles. The van der Waals surface area contributed by atoms with Crippen molar-refractivity contribution in [1.29, 1.82) is 0 Å². The lowest BCUT2D eigenvalue weighted by molar-refractivity contribution is -0.148. The van der Waals surface area contributed by atoms with Crippen molar-refractivity contribution in [2.24, 2.45) is 5.92 Å². The summed E-state index contributed by atoms with van der Waals surface area (Å²) < 4.78 is 4.88. The topological polar surface area (TPSA) is 29.5 Å². The molecule has 1 aliphatic heterocycles. The van der Waals surface area contributed by atoms with Crippen LogP contribution in [0.4, 0.5) is 0 Å². The van der Waals surface area contributed by atoms with E-state index in [1.165, 1.54) is 26.4 Å². The monoisotopic (exact) mass is 227 g/mol. The average molecular weight is 227 g/mol. The maximum atomic E-state index is 11.7. The zero-order valence-corrected chi connectivity index (χ0v) is 11.1. The van der Waals surface area contributed by atoms with Crippen LogP contribution in [0.2, 0.25) is 0 Å². The molecule has 94 valence electrons. The highest BCUT2D eigenvalue weighted by atomic mass is 16.5. The van der Waals surface area contributed by atoms with Crippen LogP contribution >= 0.6 is 0 Å². The lowest BCUT2D eigenvalue weighted by Crippen LogP contribution is -2.45. The molecule has 0 aromatic heterocycles. The van der Waals surface area contributed by atoms with Crippen molar-refractivity contribution in [2.45, 2.75) is 52.0 Å². The minimum absolute atomic E-state index is 0.0408. The first-order chi connectivity index (χ1) is 7.54. The molecule has 0 N–H and O–H groups in total. The van der Waals surface area contributed by atoms with Gasteiger partial charge in [-0.2, -0.15) is 0 Å². The van der Waals surface area contributed by atoms with Gasteiger partial charge in [-0.1, -0.05) is 19.8 Å². The maximum Gasteiger partial charge on any atom is 0.310 e. The van der Waals surface area contributed by atoms with Crippen molar-refractivity contribution in [3.63, 3.8) is 0 Å². The van der Waals surface area contributed by atoms with Gasteiger partial charge >= 0.3 is 5.97 Å². The van der Waals surface area contributed by atoms with Gasteiger partial charge in [0.1, 0.15) is 0 Å². The van der Waals surface area contributed by atoms with Crippen LogP contribution in [-0.2, 0) is 9.53 Å². The van der Waals surface area contributed by atoms with E-state index in [2.05, 4.69) is 25.7 Å². The minimum Gasteiger partial charge on any atom is -0.469 e. The molecule has 1 atom stereocenters. The van der Waals surface area contributed by atoms with Gasteiger partial charge in [0.2, 0.25) is 0 Å². The van der Waals surface area contributed by atoms with Crippen molar-refractivity contribution in [3.8, 4) is 0 Å². The molecule has 0 aliphatic carbocycles. The predicted octanol–water partition coefficient (Wildman–Crippen LogP) is 2.45. The van der Waals surface area contributed by atoms with E-state index in [-0.39, 0.29) is 17.4 Å². The van der Waals surface area contributed by atoms with E-state index >= 15 is 0 Å². The molecule has 0 radical (unpaired) electrons. The number of unbranched alkanes of at least 4 members (excludes halogenated alkanes) is 2. The number of nitrogens with zero attached hydrogens (tertiary/aromatic N) is 1. The molecule has 16 heavy (non-hydrogen) atoms. The van der Waals surface area contributed by atoms with Gasteiger partial charge in [-0.3, -0.25) is 9.69 Å². The summed E-state index contributed by atoms with van der Waals surface area (Å²) in [6.07, 6.45) is 4.68. The van der Waals surface area contributed by atoms with Crippen LogP contribution in [0.3, 0.4) is 0 Å². The highest BCUT2D eigenvalue weighted by Gasteiger charge is 2.45. The van der Waals surface area contributed by atoms with Gasteiger partial charge in [0.05, 0.1) is 13.0 Å². The average Bonchev–Trinajstić information content (AvgIpc) is 2.54. The minimum atomic E-state index is -0.0528. The van der Waals surface area contributed by atoms with Gasteiger partial charge in [-0.15, -0.1) is 0 Å². The number of esters is 1. The Kier molecular flexibility index (Phi) is 4.78. The van der Waals surface area contributed by atoms with Crippen molar-refractivity contribution in [1.82, 2.24) is 4.90 Å². The van der Waals surface area contributed by atoms with Gasteiger partial charge in [0, 0.05) is 5.54 Å². The largest absolute Gasteiger partial charge is 0.469 e. The number of methoxy groups -OCH3 is 1. The van der Waals surface area contributed by atoms with Crippen LogP contribution in [0.25, 0.3) is 0 Å². The Balaban J connectivity index is 2.54. The molecule has 0 spiro atoms. The van der Waals surface area contributed by atoms with E-state index in [9.17, 15) is 4.79 Å². The molecule has 0 bridgehead atoms. The molecule has 1 rings (SSSR count). The Morgan fingerprint density at radius 2 is 2.12 bits per heavy atom. The third-order valence-corrected chi connectivity index (χ3v) is 3.87. The summed E-state index contributed by atoms with van der Waals surface area (Å²) in [6.45, 7) is 8.66. The second-order valence-corrected chi connectivity index (χ2v) is 5.21. The van der Waals surface area contributed by atoms with E-state index in [0.29, 0.717) is 0 Å². The molecule has 0 aromatic rings. The summed E-state index contributed by atoms with van der Waals surface area (Å²) in [5, 5.41) is 0. The number of likely N-dealkylation sites (tertiary alicyclic amines) is 1. The van der Waals surface area contributed by atoms with Gasteiger partial charge in [-0.05, 0) is 39.8 Å². The molecule has 0 amide bonds. The van der Waals surface area contributed by atoms with Crippen LogP contribution in [-0.4, -0.2) is 36.6 Å². The third-order valence-electron chi connectivity index (χ3n) is 3.87. The fourth-order valence-electron chi connectivity index (χ4n) is 2.65. The number of hydrogen-bond acceptors (Lipinski definition) is 3. The van der Waals surface area contributed by atoms with Crippen molar-refractivity contribution >= 4 is 5.97 Å². The normalized spacial score (nSPS) is 24.6. The van der Waals surface area contributed by atoms with Crippen molar-refractivity contribution in [2.75, 3.05) is 20.2 Å². The Hall–Kier alpha value is -0.570. The maximum absolute atomic E-state index is 11.7. The standard InChI is InChI=1S/C13H25NO2/c1-5-6-7-9-14-10-8-11(12(15)16-4)13(14,2)3/h11H,5-10H2,1-4H3. The molecular formula is C13H25NO2. The van der Waals surface area contributed by atoms with Gasteiger partial charge in [-0.25, -0.2) is 0 Å². The second-order valence-electron chi connectivity index (χ2n) is 5.21. The Labute approximate surface area is 99.1 Å². The zero-order valence-electron chi connectivity index (χ0n) is 11.1. The summed E-state index contributed by atoms with van der Waals surface area (Å²) >= 11 is 0. The molecule has 3 nitrogen and oxygen atoms in total. The number of ether oxygens (including phenoxy) is 1. The first-order valence-corrected chi connectivity index (χ1v) is 6.37. The highest BCUT2D eigenvalue weighted by molar-refractivity contribution is 5.74. The first kappa shape index (κ1) is 13.5. The molecule has 1 aliphatic rings. The zero-order chi connectivity index (χ0) is 12.2. The van der Waals surface area contributed by atoms with Crippen molar-refractivity contribution < 1.29 is 9.53 Å². The third kappa shape index (κ3) is 2.76. The summed E-state index contributed by atoms with van der Waals surface area (Å²) in [6, 6.07) is 0. The van der Waals surface area contributed by atoms with Crippen LogP contribution < -0.4 is 0 Å². The number of rotatable bonds is 5. The Morgan fingerprint density at radius 1 is 1.44 bits per heavy atom. The molecule has 3 heteroatoms. The van der Waals surface area contributed by atoms with Crippen LogP contribution in [0.1, 0.15) is 46.5 Å². The number of carbonyl (C=O) groups excluding carboxylic acids is 1. The smallest absolute Gasteiger partial charge is 0.310 e. The van der Waals surface area contributed by atoms with Crippen LogP contribution in [0.15, 0.2) is 0 Å². The Morgan fingerprint density at radius 3 is 2.69 bits per heavy atom. The Bertz CT molecular complexity index is 238. The summed E-state index contributed by atoms with van der Waals surface area (Å²) in [5.41, 5.74) is -0.0408. The van der Waals surface area contributed by atoms with Gasteiger partial charge in [0.25, 0.3) is 0 Å².